The normalized spacial score (nSPS) is 19.5. The van der Waals surface area contributed by atoms with Gasteiger partial charge in [0, 0.05) is 26.1 Å². The summed E-state index contributed by atoms with van der Waals surface area (Å²) in [7, 11) is 1.65. The molecular weight excluding hydrogens is 284 g/mol. The van der Waals surface area contributed by atoms with E-state index in [0.717, 1.165) is 19.3 Å². The second-order valence-electron chi connectivity index (χ2n) is 5.93. The van der Waals surface area contributed by atoms with Crippen LogP contribution >= 0.6 is 0 Å². The largest absolute Gasteiger partial charge is 0.466 e. The summed E-state index contributed by atoms with van der Waals surface area (Å²) in [5, 5.41) is 0. The Labute approximate surface area is 132 Å². The van der Waals surface area contributed by atoms with Gasteiger partial charge in [0.15, 0.2) is 0 Å². The summed E-state index contributed by atoms with van der Waals surface area (Å²) in [5.74, 6) is -0.674. The molecule has 0 spiro atoms. The Morgan fingerprint density at radius 3 is 2.59 bits per heavy atom. The highest BCUT2D eigenvalue weighted by Gasteiger charge is 2.30. The quantitative estimate of drug-likeness (QED) is 0.693. The van der Waals surface area contributed by atoms with E-state index in [9.17, 15) is 14.4 Å². The minimum absolute atomic E-state index is 0.0187. The van der Waals surface area contributed by atoms with Crippen molar-refractivity contribution < 1.29 is 19.1 Å². The molecule has 0 aromatic heterocycles. The topological polar surface area (TPSA) is 66.9 Å². The van der Waals surface area contributed by atoms with E-state index < -0.39 is 0 Å². The number of hydrogen-bond acceptors (Lipinski definition) is 4. The summed E-state index contributed by atoms with van der Waals surface area (Å²) >= 11 is 0. The third-order valence-corrected chi connectivity index (χ3v) is 4.18. The number of ether oxygens (including phenoxy) is 1. The molecule has 1 aliphatic heterocycles. The van der Waals surface area contributed by atoms with Crippen molar-refractivity contribution in [3.8, 4) is 0 Å². The van der Waals surface area contributed by atoms with Gasteiger partial charge in [-0.1, -0.05) is 13.8 Å². The molecular formula is C16H28N2O4. The molecule has 1 aliphatic rings. The van der Waals surface area contributed by atoms with Gasteiger partial charge in [-0.15, -0.1) is 0 Å². The zero-order valence-corrected chi connectivity index (χ0v) is 14.1. The first-order chi connectivity index (χ1) is 10.4. The van der Waals surface area contributed by atoms with Gasteiger partial charge in [-0.05, 0) is 26.2 Å². The predicted octanol–water partition coefficient (Wildman–Crippen LogP) is 1.29. The molecule has 6 nitrogen and oxygen atoms in total. The molecule has 0 aromatic rings. The smallest absolute Gasteiger partial charge is 0.310 e. The fourth-order valence-electron chi connectivity index (χ4n) is 2.59. The summed E-state index contributed by atoms with van der Waals surface area (Å²) in [6.45, 7) is 7.05. The van der Waals surface area contributed by atoms with E-state index in [4.69, 9.17) is 4.74 Å². The minimum Gasteiger partial charge on any atom is -0.466 e. The lowest BCUT2D eigenvalue weighted by atomic mass is 9.98. The number of nitrogens with zero attached hydrogens (tertiary/aromatic N) is 2. The van der Waals surface area contributed by atoms with E-state index in [-0.39, 0.29) is 36.2 Å². The van der Waals surface area contributed by atoms with Crippen LogP contribution in [0.3, 0.4) is 0 Å². The van der Waals surface area contributed by atoms with Gasteiger partial charge in [-0.25, -0.2) is 0 Å². The Morgan fingerprint density at radius 1 is 1.32 bits per heavy atom. The van der Waals surface area contributed by atoms with Crippen molar-refractivity contribution in [2.45, 2.75) is 40.0 Å². The first-order valence-electron chi connectivity index (χ1n) is 8.10. The predicted molar refractivity (Wildman–Crippen MR) is 83.0 cm³/mol. The average molecular weight is 312 g/mol. The number of carbonyl (C=O) groups is 3. The van der Waals surface area contributed by atoms with Crippen LogP contribution in [0.2, 0.25) is 0 Å². The van der Waals surface area contributed by atoms with Gasteiger partial charge < -0.3 is 14.5 Å². The molecule has 1 fully saturated rings. The number of amides is 2. The van der Waals surface area contributed by atoms with Crippen molar-refractivity contribution >= 4 is 17.8 Å². The maximum absolute atomic E-state index is 12.3. The number of hydrogen-bond donors (Lipinski definition) is 0. The summed E-state index contributed by atoms with van der Waals surface area (Å²) in [5.41, 5.74) is 0. The van der Waals surface area contributed by atoms with Gasteiger partial charge in [-0.2, -0.15) is 0 Å². The van der Waals surface area contributed by atoms with Crippen molar-refractivity contribution in [1.29, 1.82) is 0 Å². The van der Waals surface area contributed by atoms with Crippen LogP contribution in [-0.2, 0) is 19.1 Å². The fourth-order valence-corrected chi connectivity index (χ4v) is 2.59. The molecule has 0 saturated carbocycles. The second-order valence-corrected chi connectivity index (χ2v) is 5.93. The molecule has 0 aromatic carbocycles. The molecule has 1 saturated heterocycles. The summed E-state index contributed by atoms with van der Waals surface area (Å²) in [4.78, 5) is 39.3. The Bertz CT molecular complexity index is 411. The number of carbonyl (C=O) groups excluding carboxylic acids is 3. The molecule has 0 bridgehead atoms. The van der Waals surface area contributed by atoms with Gasteiger partial charge in [0.2, 0.25) is 11.8 Å². The zero-order valence-electron chi connectivity index (χ0n) is 14.1. The molecule has 2 unspecified atom stereocenters. The first-order valence-corrected chi connectivity index (χ1v) is 8.10. The van der Waals surface area contributed by atoms with Crippen molar-refractivity contribution in [2.24, 2.45) is 11.8 Å². The number of piperidine rings is 1. The molecule has 1 heterocycles. The number of likely N-dealkylation sites (N-methyl/N-ethyl adjacent to an activating group) is 1. The number of likely N-dealkylation sites (tertiary alicyclic amines) is 1. The molecule has 22 heavy (non-hydrogen) atoms. The third kappa shape index (κ3) is 5.00. The van der Waals surface area contributed by atoms with Gasteiger partial charge in [0.1, 0.15) is 0 Å². The molecule has 1 rings (SSSR count). The highest BCUT2D eigenvalue weighted by molar-refractivity contribution is 5.86. The Balaban J connectivity index is 2.54. The maximum atomic E-state index is 12.3. The lowest BCUT2D eigenvalue weighted by Gasteiger charge is -2.33. The number of esters is 1. The highest BCUT2D eigenvalue weighted by atomic mass is 16.5. The van der Waals surface area contributed by atoms with Crippen LogP contribution in [0, 0.1) is 11.8 Å². The van der Waals surface area contributed by atoms with E-state index in [1.807, 2.05) is 13.8 Å². The van der Waals surface area contributed by atoms with E-state index >= 15 is 0 Å². The van der Waals surface area contributed by atoms with Gasteiger partial charge in [0.25, 0.3) is 0 Å². The minimum atomic E-state index is -0.242. The molecule has 0 N–H and O–H groups in total. The number of rotatable bonds is 6. The van der Waals surface area contributed by atoms with Gasteiger partial charge >= 0.3 is 5.97 Å². The van der Waals surface area contributed by atoms with Crippen LogP contribution < -0.4 is 0 Å². The van der Waals surface area contributed by atoms with E-state index in [1.165, 1.54) is 4.90 Å². The van der Waals surface area contributed by atoms with Crippen LogP contribution in [0.15, 0.2) is 0 Å². The van der Waals surface area contributed by atoms with E-state index in [1.54, 1.807) is 18.9 Å². The van der Waals surface area contributed by atoms with Gasteiger partial charge in [-0.3, -0.25) is 14.4 Å². The standard InChI is InChI=1S/C16H28N2O4/c1-5-12(3)15(20)17(4)11-14(19)18-9-7-8-13(10-18)16(21)22-6-2/h12-13H,5-11H2,1-4H3. The molecule has 0 radical (unpaired) electrons. The molecule has 2 amide bonds. The average Bonchev–Trinajstić information content (AvgIpc) is 2.53. The van der Waals surface area contributed by atoms with Crippen LogP contribution in [0.5, 0.6) is 0 Å². The molecule has 126 valence electrons. The SMILES string of the molecule is CCOC(=O)C1CCCN(C(=O)CN(C)C(=O)C(C)CC)C1. The summed E-state index contributed by atoms with van der Waals surface area (Å²) in [6, 6.07) is 0. The summed E-state index contributed by atoms with van der Waals surface area (Å²) < 4.78 is 5.03. The van der Waals surface area contributed by atoms with E-state index in [2.05, 4.69) is 0 Å². The van der Waals surface area contributed by atoms with Gasteiger partial charge in [0.05, 0.1) is 19.1 Å². The highest BCUT2D eigenvalue weighted by Crippen LogP contribution is 2.18. The Morgan fingerprint density at radius 2 is 2.00 bits per heavy atom. The Kier molecular flexibility index (Phi) is 7.35. The molecule has 6 heteroatoms. The zero-order chi connectivity index (χ0) is 16.7. The first kappa shape index (κ1) is 18.5. The van der Waals surface area contributed by atoms with Crippen LogP contribution in [0.25, 0.3) is 0 Å². The van der Waals surface area contributed by atoms with Crippen LogP contribution in [-0.4, -0.2) is 60.9 Å². The summed E-state index contributed by atoms with van der Waals surface area (Å²) in [6.07, 6.45) is 2.30. The van der Waals surface area contributed by atoms with Crippen molar-refractivity contribution in [2.75, 3.05) is 33.3 Å². The van der Waals surface area contributed by atoms with Crippen LogP contribution in [0.1, 0.15) is 40.0 Å². The Hall–Kier alpha value is -1.59. The molecule has 2 atom stereocenters. The van der Waals surface area contributed by atoms with Crippen molar-refractivity contribution in [3.63, 3.8) is 0 Å². The second kappa shape index (κ2) is 8.76. The van der Waals surface area contributed by atoms with Crippen LogP contribution in [0.4, 0.5) is 0 Å². The maximum Gasteiger partial charge on any atom is 0.310 e. The fraction of sp³-hybridized carbons (Fsp3) is 0.812. The lowest BCUT2D eigenvalue weighted by molar-refractivity contribution is -0.152. The lowest BCUT2D eigenvalue weighted by Crippen LogP contribution is -2.47. The van der Waals surface area contributed by atoms with Crippen molar-refractivity contribution in [3.05, 3.63) is 0 Å². The monoisotopic (exact) mass is 312 g/mol. The van der Waals surface area contributed by atoms with E-state index in [0.29, 0.717) is 19.7 Å². The third-order valence-electron chi connectivity index (χ3n) is 4.18. The molecule has 0 aliphatic carbocycles. The van der Waals surface area contributed by atoms with Crippen molar-refractivity contribution in [1.82, 2.24) is 9.80 Å².